The lowest BCUT2D eigenvalue weighted by Crippen LogP contribution is -2.35. The lowest BCUT2D eigenvalue weighted by atomic mass is 10.1. The van der Waals surface area contributed by atoms with E-state index in [4.69, 9.17) is 4.74 Å². The lowest BCUT2D eigenvalue weighted by molar-refractivity contribution is -0.274. The van der Waals surface area contributed by atoms with Gasteiger partial charge in [0.2, 0.25) is 0 Å². The Balaban J connectivity index is 2.09. The number of hydrogen-bond donors (Lipinski definition) is 2. The molecule has 0 aromatic heterocycles. The Morgan fingerprint density at radius 1 is 0.971 bits per heavy atom. The highest BCUT2D eigenvalue weighted by atomic mass is 19.4. The van der Waals surface area contributed by atoms with Crippen LogP contribution in [0.5, 0.6) is 11.5 Å². The zero-order valence-electron chi connectivity index (χ0n) is 20.2. The van der Waals surface area contributed by atoms with Crippen molar-refractivity contribution in [3.05, 3.63) is 48.0 Å². The van der Waals surface area contributed by atoms with Crippen LogP contribution in [0.2, 0.25) is 0 Å². The van der Waals surface area contributed by atoms with Crippen LogP contribution < -0.4 is 25.0 Å². The molecule has 8 nitrogen and oxygen atoms in total. The Morgan fingerprint density at radius 2 is 1.63 bits per heavy atom. The number of anilines is 2. The molecule has 0 saturated heterocycles. The summed E-state index contributed by atoms with van der Waals surface area (Å²) >= 11 is 0. The van der Waals surface area contributed by atoms with Crippen LogP contribution in [0, 0.1) is 0 Å². The Hall–Kier alpha value is -3.47. The standard InChI is InChI=1S/C24H31F3N4O4/c1-5-30(6-2)15-14-28-22(32)20-13-10-18(16-21(20)34-4)31(7-3)23(33)29-17-8-11-19(12-9-17)35-24(25,26)27/h8-13,16H,5-7,14-15H2,1-4H3,(H,28,32)(H,29,33). The second-order valence-electron chi connectivity index (χ2n) is 7.41. The quantitative estimate of drug-likeness (QED) is 0.470. The number of amides is 3. The molecule has 2 aromatic rings. The van der Waals surface area contributed by atoms with Gasteiger partial charge in [-0.05, 0) is 56.4 Å². The van der Waals surface area contributed by atoms with E-state index in [0.29, 0.717) is 35.8 Å². The number of urea groups is 1. The summed E-state index contributed by atoms with van der Waals surface area (Å²) in [7, 11) is 1.44. The molecule has 2 N–H and O–H groups in total. The number of hydrogen-bond acceptors (Lipinski definition) is 5. The monoisotopic (exact) mass is 496 g/mol. The molecular formula is C24H31F3N4O4. The van der Waals surface area contributed by atoms with E-state index in [1.807, 2.05) is 0 Å². The molecule has 3 amide bonds. The number of ether oxygens (including phenoxy) is 2. The van der Waals surface area contributed by atoms with Gasteiger partial charge in [-0.25, -0.2) is 4.79 Å². The largest absolute Gasteiger partial charge is 0.573 e. The lowest BCUT2D eigenvalue weighted by Gasteiger charge is -2.23. The Kier molecular flexibility index (Phi) is 10.2. The number of halogens is 3. The van der Waals surface area contributed by atoms with Gasteiger partial charge in [-0.3, -0.25) is 9.69 Å². The summed E-state index contributed by atoms with van der Waals surface area (Å²) in [5, 5.41) is 5.51. The second-order valence-corrected chi connectivity index (χ2v) is 7.41. The maximum atomic E-state index is 12.8. The molecule has 0 aliphatic carbocycles. The number of alkyl halides is 3. The molecule has 0 aliphatic heterocycles. The minimum atomic E-state index is -4.79. The van der Waals surface area contributed by atoms with Crippen molar-refractivity contribution >= 4 is 23.3 Å². The van der Waals surface area contributed by atoms with Gasteiger partial charge in [-0.15, -0.1) is 13.2 Å². The number of nitrogens with zero attached hydrogens (tertiary/aromatic N) is 2. The molecule has 192 valence electrons. The predicted octanol–water partition coefficient (Wildman–Crippen LogP) is 4.72. The van der Waals surface area contributed by atoms with Crippen LogP contribution in [-0.4, -0.2) is 63.0 Å². The number of likely N-dealkylation sites (N-methyl/N-ethyl adjacent to an activating group) is 1. The molecule has 0 aliphatic rings. The molecule has 2 rings (SSSR count). The molecule has 0 unspecified atom stereocenters. The zero-order chi connectivity index (χ0) is 26.0. The van der Waals surface area contributed by atoms with Crippen LogP contribution in [0.1, 0.15) is 31.1 Å². The summed E-state index contributed by atoms with van der Waals surface area (Å²) in [6.45, 7) is 9.17. The minimum Gasteiger partial charge on any atom is -0.496 e. The molecule has 0 fully saturated rings. The maximum Gasteiger partial charge on any atom is 0.573 e. The molecule has 0 spiro atoms. The Morgan fingerprint density at radius 3 is 2.17 bits per heavy atom. The first-order valence-corrected chi connectivity index (χ1v) is 11.2. The van der Waals surface area contributed by atoms with Crippen LogP contribution >= 0.6 is 0 Å². The number of carbonyl (C=O) groups excluding carboxylic acids is 2. The highest BCUT2D eigenvalue weighted by Gasteiger charge is 2.31. The van der Waals surface area contributed by atoms with E-state index in [9.17, 15) is 22.8 Å². The summed E-state index contributed by atoms with van der Waals surface area (Å²) in [4.78, 5) is 29.1. The highest BCUT2D eigenvalue weighted by molar-refractivity contribution is 6.03. The van der Waals surface area contributed by atoms with Crippen molar-refractivity contribution in [2.75, 3.05) is 50.1 Å². The molecule has 2 aromatic carbocycles. The fourth-order valence-corrected chi connectivity index (χ4v) is 3.37. The van der Waals surface area contributed by atoms with Gasteiger partial charge < -0.3 is 25.0 Å². The van der Waals surface area contributed by atoms with Gasteiger partial charge in [0.25, 0.3) is 5.91 Å². The van der Waals surface area contributed by atoms with Crippen molar-refractivity contribution in [1.29, 1.82) is 0 Å². The average molecular weight is 497 g/mol. The molecular weight excluding hydrogens is 465 g/mol. The van der Waals surface area contributed by atoms with Gasteiger partial charge in [0.1, 0.15) is 11.5 Å². The summed E-state index contributed by atoms with van der Waals surface area (Å²) in [6.07, 6.45) is -4.79. The third-order valence-electron chi connectivity index (χ3n) is 5.25. The van der Waals surface area contributed by atoms with Crippen LogP contribution in [-0.2, 0) is 0 Å². The van der Waals surface area contributed by atoms with Gasteiger partial charge in [-0.2, -0.15) is 0 Å². The number of methoxy groups -OCH3 is 1. The molecule has 35 heavy (non-hydrogen) atoms. The highest BCUT2D eigenvalue weighted by Crippen LogP contribution is 2.27. The van der Waals surface area contributed by atoms with Gasteiger partial charge in [0.05, 0.1) is 12.7 Å². The van der Waals surface area contributed by atoms with Crippen molar-refractivity contribution in [2.24, 2.45) is 0 Å². The number of benzene rings is 2. The first-order valence-electron chi connectivity index (χ1n) is 11.2. The molecule has 0 atom stereocenters. The van der Waals surface area contributed by atoms with E-state index < -0.39 is 18.1 Å². The van der Waals surface area contributed by atoms with E-state index >= 15 is 0 Å². The predicted molar refractivity (Wildman–Crippen MR) is 128 cm³/mol. The first-order chi connectivity index (χ1) is 16.6. The van der Waals surface area contributed by atoms with Gasteiger partial charge in [0.15, 0.2) is 0 Å². The fourth-order valence-electron chi connectivity index (χ4n) is 3.37. The molecule has 0 bridgehead atoms. The second kappa shape index (κ2) is 12.8. The molecule has 0 heterocycles. The third kappa shape index (κ3) is 8.36. The smallest absolute Gasteiger partial charge is 0.496 e. The Labute approximate surface area is 203 Å². The van der Waals surface area contributed by atoms with Crippen LogP contribution in [0.3, 0.4) is 0 Å². The minimum absolute atomic E-state index is 0.283. The fraction of sp³-hybridized carbons (Fsp3) is 0.417. The van der Waals surface area contributed by atoms with Crippen molar-refractivity contribution in [3.8, 4) is 11.5 Å². The van der Waals surface area contributed by atoms with E-state index in [1.54, 1.807) is 25.1 Å². The summed E-state index contributed by atoms with van der Waals surface area (Å²) in [6, 6.07) is 9.12. The third-order valence-corrected chi connectivity index (χ3v) is 5.25. The summed E-state index contributed by atoms with van der Waals surface area (Å²) < 4.78 is 46.2. The maximum absolute atomic E-state index is 12.8. The zero-order valence-corrected chi connectivity index (χ0v) is 20.2. The van der Waals surface area contributed by atoms with Crippen molar-refractivity contribution in [3.63, 3.8) is 0 Å². The van der Waals surface area contributed by atoms with Crippen LogP contribution in [0.25, 0.3) is 0 Å². The van der Waals surface area contributed by atoms with E-state index in [1.165, 1.54) is 24.1 Å². The Bertz CT molecular complexity index is 980. The van der Waals surface area contributed by atoms with Crippen LogP contribution in [0.4, 0.5) is 29.3 Å². The topological polar surface area (TPSA) is 83.1 Å². The summed E-state index contributed by atoms with van der Waals surface area (Å²) in [5.74, 6) is -0.365. The van der Waals surface area contributed by atoms with Gasteiger partial charge in [-0.1, -0.05) is 13.8 Å². The molecule has 11 heteroatoms. The van der Waals surface area contributed by atoms with Crippen molar-refractivity contribution in [1.82, 2.24) is 10.2 Å². The summed E-state index contributed by atoms with van der Waals surface area (Å²) in [5.41, 5.74) is 1.12. The van der Waals surface area contributed by atoms with E-state index in [-0.39, 0.29) is 5.91 Å². The van der Waals surface area contributed by atoms with E-state index in [2.05, 4.69) is 34.1 Å². The van der Waals surface area contributed by atoms with Gasteiger partial charge in [0, 0.05) is 37.1 Å². The van der Waals surface area contributed by atoms with Crippen molar-refractivity contribution in [2.45, 2.75) is 27.1 Å². The first kappa shape index (κ1) is 27.8. The van der Waals surface area contributed by atoms with Gasteiger partial charge >= 0.3 is 12.4 Å². The van der Waals surface area contributed by atoms with Crippen molar-refractivity contribution < 1.29 is 32.2 Å². The number of rotatable bonds is 11. The molecule has 0 radical (unpaired) electrons. The SMILES string of the molecule is CCN(CC)CCNC(=O)c1ccc(N(CC)C(=O)Nc2ccc(OC(F)(F)F)cc2)cc1OC. The molecule has 0 saturated carbocycles. The average Bonchev–Trinajstić information content (AvgIpc) is 2.82. The van der Waals surface area contributed by atoms with Crippen LogP contribution in [0.15, 0.2) is 42.5 Å². The normalized spacial score (nSPS) is 11.2. The number of carbonyl (C=O) groups is 2. The van der Waals surface area contributed by atoms with E-state index in [0.717, 1.165) is 31.8 Å². The number of nitrogens with one attached hydrogen (secondary N) is 2.